The van der Waals surface area contributed by atoms with Crippen LogP contribution in [0.25, 0.3) is 11.5 Å². The molecule has 2 aromatic rings. The van der Waals surface area contributed by atoms with Crippen LogP contribution >= 0.6 is 0 Å². The second-order valence-corrected chi connectivity index (χ2v) is 5.92. The number of hydrogen-bond donors (Lipinski definition) is 1. The molecule has 1 aromatic heterocycles. The van der Waals surface area contributed by atoms with Gasteiger partial charge in [-0.05, 0) is 25.1 Å². The second kappa shape index (κ2) is 7.96. The van der Waals surface area contributed by atoms with Gasteiger partial charge in [-0.2, -0.15) is 10.2 Å². The molecule has 0 radical (unpaired) electrons. The van der Waals surface area contributed by atoms with E-state index in [1.807, 2.05) is 6.07 Å². The SMILES string of the molecule is CCOc1oc(-c2ccc(N3CC(CNC(C)=O)OC3=O)cc2F)nc1C#N. The van der Waals surface area contributed by atoms with Gasteiger partial charge in [-0.1, -0.05) is 0 Å². The van der Waals surface area contributed by atoms with E-state index in [0.717, 1.165) is 6.07 Å². The highest BCUT2D eigenvalue weighted by atomic mass is 19.1. The van der Waals surface area contributed by atoms with Crippen LogP contribution in [0.3, 0.4) is 0 Å². The summed E-state index contributed by atoms with van der Waals surface area (Å²) in [5, 5.41) is 11.6. The molecule has 1 fully saturated rings. The number of rotatable bonds is 6. The molecule has 0 aliphatic carbocycles. The van der Waals surface area contributed by atoms with Crippen molar-refractivity contribution in [3.8, 4) is 23.5 Å². The van der Waals surface area contributed by atoms with Crippen LogP contribution in [0.5, 0.6) is 5.95 Å². The highest BCUT2D eigenvalue weighted by molar-refractivity contribution is 5.90. The van der Waals surface area contributed by atoms with Crippen molar-refractivity contribution in [2.75, 3.05) is 24.6 Å². The fourth-order valence-electron chi connectivity index (χ4n) is 2.66. The Hall–Kier alpha value is -3.61. The van der Waals surface area contributed by atoms with Crippen LogP contribution in [-0.2, 0) is 9.53 Å². The lowest BCUT2D eigenvalue weighted by molar-refractivity contribution is -0.119. The molecular weight excluding hydrogens is 371 g/mol. The van der Waals surface area contributed by atoms with Crippen LogP contribution in [0.4, 0.5) is 14.9 Å². The molecule has 1 atom stereocenters. The molecule has 1 aliphatic heterocycles. The van der Waals surface area contributed by atoms with Gasteiger partial charge in [0.25, 0.3) is 0 Å². The van der Waals surface area contributed by atoms with E-state index >= 15 is 0 Å². The minimum absolute atomic E-state index is 0.0218. The molecule has 28 heavy (non-hydrogen) atoms. The van der Waals surface area contributed by atoms with Gasteiger partial charge in [0, 0.05) is 6.92 Å². The van der Waals surface area contributed by atoms with E-state index in [9.17, 15) is 14.0 Å². The van der Waals surface area contributed by atoms with Crippen LogP contribution in [0, 0.1) is 17.1 Å². The van der Waals surface area contributed by atoms with Crippen LogP contribution in [0.2, 0.25) is 0 Å². The molecule has 1 N–H and O–H groups in total. The van der Waals surface area contributed by atoms with Crippen LogP contribution < -0.4 is 15.0 Å². The predicted molar refractivity (Wildman–Crippen MR) is 94.1 cm³/mol. The first-order valence-corrected chi connectivity index (χ1v) is 8.49. The fourth-order valence-corrected chi connectivity index (χ4v) is 2.66. The highest BCUT2D eigenvalue weighted by Crippen LogP contribution is 2.32. The number of aromatic nitrogens is 1. The maximum atomic E-state index is 14.6. The number of anilines is 1. The van der Waals surface area contributed by atoms with Crippen molar-refractivity contribution in [3.63, 3.8) is 0 Å². The van der Waals surface area contributed by atoms with Gasteiger partial charge >= 0.3 is 12.0 Å². The summed E-state index contributed by atoms with van der Waals surface area (Å²) in [6, 6.07) is 5.87. The number of amides is 2. The minimum atomic E-state index is -0.690. The molecule has 0 saturated carbocycles. The zero-order valence-corrected chi connectivity index (χ0v) is 15.2. The zero-order chi connectivity index (χ0) is 20.3. The van der Waals surface area contributed by atoms with E-state index in [2.05, 4.69) is 10.3 Å². The number of carbonyl (C=O) groups excluding carboxylic acids is 2. The van der Waals surface area contributed by atoms with Crippen molar-refractivity contribution in [2.45, 2.75) is 20.0 Å². The van der Waals surface area contributed by atoms with Gasteiger partial charge in [0.05, 0.1) is 30.9 Å². The van der Waals surface area contributed by atoms with Gasteiger partial charge in [0.15, 0.2) is 0 Å². The maximum absolute atomic E-state index is 14.6. The van der Waals surface area contributed by atoms with Crippen molar-refractivity contribution < 1.29 is 27.9 Å². The third kappa shape index (κ3) is 3.88. The van der Waals surface area contributed by atoms with Crippen LogP contribution in [0.15, 0.2) is 22.6 Å². The van der Waals surface area contributed by atoms with E-state index in [4.69, 9.17) is 19.2 Å². The van der Waals surface area contributed by atoms with Gasteiger partial charge in [-0.15, -0.1) is 0 Å². The minimum Gasteiger partial charge on any atom is -0.463 e. The smallest absolute Gasteiger partial charge is 0.414 e. The Morgan fingerprint density at radius 3 is 2.96 bits per heavy atom. The molecule has 0 spiro atoms. The van der Waals surface area contributed by atoms with Crippen molar-refractivity contribution in [2.24, 2.45) is 0 Å². The van der Waals surface area contributed by atoms with Crippen molar-refractivity contribution in [1.29, 1.82) is 5.26 Å². The molecule has 3 rings (SSSR count). The fraction of sp³-hybridized carbons (Fsp3) is 0.333. The average Bonchev–Trinajstić information content (AvgIpc) is 3.23. The first-order chi connectivity index (χ1) is 13.4. The summed E-state index contributed by atoms with van der Waals surface area (Å²) >= 11 is 0. The summed E-state index contributed by atoms with van der Waals surface area (Å²) in [5.74, 6) is -1.10. The molecule has 9 nitrogen and oxygen atoms in total. The molecule has 1 saturated heterocycles. The van der Waals surface area contributed by atoms with E-state index in [1.54, 1.807) is 6.92 Å². The number of ether oxygens (including phenoxy) is 2. The summed E-state index contributed by atoms with van der Waals surface area (Å²) in [6.07, 6.45) is -1.16. The normalized spacial score (nSPS) is 15.9. The van der Waals surface area contributed by atoms with Gasteiger partial charge < -0.3 is 19.2 Å². The molecule has 0 bridgehead atoms. The number of carbonyl (C=O) groups is 2. The summed E-state index contributed by atoms with van der Waals surface area (Å²) in [5.41, 5.74) is 0.228. The van der Waals surface area contributed by atoms with E-state index < -0.39 is 18.0 Å². The number of nitriles is 1. The number of nitrogens with zero attached hydrogens (tertiary/aromatic N) is 3. The lowest BCUT2D eigenvalue weighted by atomic mass is 10.1. The number of hydrogen-bond acceptors (Lipinski definition) is 7. The summed E-state index contributed by atoms with van der Waals surface area (Å²) < 4.78 is 30.3. The third-order valence-electron chi connectivity index (χ3n) is 3.92. The number of halogens is 1. The molecule has 2 heterocycles. The molecule has 1 aliphatic rings. The number of oxazole rings is 1. The van der Waals surface area contributed by atoms with Crippen molar-refractivity contribution in [1.82, 2.24) is 10.3 Å². The number of benzene rings is 1. The topological polar surface area (TPSA) is 118 Å². The Kier molecular flexibility index (Phi) is 5.44. The zero-order valence-electron chi connectivity index (χ0n) is 15.2. The average molecular weight is 388 g/mol. The monoisotopic (exact) mass is 388 g/mol. The Morgan fingerprint density at radius 2 is 2.32 bits per heavy atom. The Bertz CT molecular complexity index is 952. The second-order valence-electron chi connectivity index (χ2n) is 5.92. The lowest BCUT2D eigenvalue weighted by Crippen LogP contribution is -2.33. The number of cyclic esters (lactones) is 1. The molecule has 10 heteroatoms. The summed E-state index contributed by atoms with van der Waals surface area (Å²) in [4.78, 5) is 28.2. The van der Waals surface area contributed by atoms with Crippen LogP contribution in [0.1, 0.15) is 19.5 Å². The first kappa shape index (κ1) is 19.2. The molecule has 146 valence electrons. The molecule has 1 unspecified atom stereocenters. The standard InChI is InChI=1S/C18H17FN4O5/c1-3-26-17-15(7-20)22-16(28-17)13-5-4-11(6-14(13)19)23-9-12(27-18(23)25)8-21-10(2)24/h4-6,12H,3,8-9H2,1-2H3,(H,21,24). The van der Waals surface area contributed by atoms with Gasteiger partial charge in [-0.3, -0.25) is 9.69 Å². The molecule has 2 amide bonds. The van der Waals surface area contributed by atoms with E-state index in [-0.39, 0.29) is 54.4 Å². The molecular formula is C18H17FN4O5. The Balaban J connectivity index is 1.80. The van der Waals surface area contributed by atoms with Crippen molar-refractivity contribution >= 4 is 17.7 Å². The van der Waals surface area contributed by atoms with Gasteiger partial charge in [0.1, 0.15) is 18.0 Å². The van der Waals surface area contributed by atoms with Crippen molar-refractivity contribution in [3.05, 3.63) is 29.7 Å². The Morgan fingerprint density at radius 1 is 1.54 bits per heavy atom. The molecule has 1 aromatic carbocycles. The third-order valence-corrected chi connectivity index (χ3v) is 3.92. The Labute approximate surface area is 159 Å². The summed E-state index contributed by atoms with van der Waals surface area (Å²) in [7, 11) is 0. The highest BCUT2D eigenvalue weighted by Gasteiger charge is 2.33. The van der Waals surface area contributed by atoms with E-state index in [0.29, 0.717) is 0 Å². The lowest BCUT2D eigenvalue weighted by Gasteiger charge is -2.13. The quantitative estimate of drug-likeness (QED) is 0.806. The first-order valence-electron chi connectivity index (χ1n) is 8.49. The largest absolute Gasteiger partial charge is 0.463 e. The number of nitrogens with one attached hydrogen (secondary N) is 1. The van der Waals surface area contributed by atoms with E-state index in [1.165, 1.54) is 24.0 Å². The summed E-state index contributed by atoms with van der Waals surface area (Å²) in [6.45, 7) is 3.68. The maximum Gasteiger partial charge on any atom is 0.414 e. The van der Waals surface area contributed by atoms with Crippen LogP contribution in [-0.4, -0.2) is 42.8 Å². The van der Waals surface area contributed by atoms with Gasteiger partial charge in [0.2, 0.25) is 17.5 Å². The predicted octanol–water partition coefficient (Wildman–Crippen LogP) is 2.21. The van der Waals surface area contributed by atoms with Gasteiger partial charge in [-0.25, -0.2) is 9.18 Å².